The van der Waals surface area contributed by atoms with Crippen LogP contribution in [0.2, 0.25) is 0 Å². The van der Waals surface area contributed by atoms with Crippen molar-refractivity contribution in [1.29, 1.82) is 0 Å². The van der Waals surface area contributed by atoms with Crippen molar-refractivity contribution in [2.24, 2.45) is 10.1 Å². The van der Waals surface area contributed by atoms with E-state index in [1.807, 2.05) is 0 Å². The zero-order valence-electron chi connectivity index (χ0n) is 14.7. The van der Waals surface area contributed by atoms with E-state index in [0.717, 1.165) is 4.90 Å². The van der Waals surface area contributed by atoms with Crippen LogP contribution in [-0.2, 0) is 30.9 Å². The second-order valence-corrected chi connectivity index (χ2v) is 8.99. The largest absolute Gasteiger partial charge is 0.433 e. The van der Waals surface area contributed by atoms with E-state index in [1.54, 1.807) is 0 Å². The van der Waals surface area contributed by atoms with Crippen molar-refractivity contribution < 1.29 is 43.6 Å². The fourth-order valence-corrected chi connectivity index (χ4v) is 4.41. The molecule has 3 rings (SSSR count). The van der Waals surface area contributed by atoms with Crippen LogP contribution in [0.3, 0.4) is 0 Å². The molecule has 0 radical (unpaired) electrons. The van der Waals surface area contributed by atoms with Crippen LogP contribution in [0.4, 0.5) is 18.0 Å². The first-order valence-electron chi connectivity index (χ1n) is 8.09. The number of amidine groups is 1. The van der Waals surface area contributed by atoms with Gasteiger partial charge in [-0.05, 0) is 25.0 Å². The third kappa shape index (κ3) is 4.47. The lowest BCUT2D eigenvalue weighted by Crippen LogP contribution is -2.48. The van der Waals surface area contributed by atoms with Crippen molar-refractivity contribution >= 4 is 32.3 Å². The van der Waals surface area contributed by atoms with Crippen LogP contribution in [0.25, 0.3) is 0 Å². The summed E-state index contributed by atoms with van der Waals surface area (Å²) in [4.78, 5) is 15.7. The molecule has 17 heteroatoms. The third-order valence-corrected chi connectivity index (χ3v) is 6.03. The fraction of sp³-hybridized carbons (Fsp3) is 0.462. The summed E-state index contributed by atoms with van der Waals surface area (Å²) in [6.45, 7) is -0.0723. The second-order valence-electron chi connectivity index (χ2n) is 6.38. The number of nitrogens with two attached hydrogens (primary N) is 1. The number of carbonyl (C=O) groups excluding carboxylic acids is 1. The Bertz CT molecular complexity index is 1090. The molecule has 2 atom stereocenters. The highest BCUT2D eigenvalue weighted by molar-refractivity contribution is 7.90. The van der Waals surface area contributed by atoms with Crippen molar-refractivity contribution in [2.45, 2.75) is 36.0 Å². The van der Waals surface area contributed by atoms with Crippen LogP contribution in [-0.4, -0.2) is 66.8 Å². The molecule has 0 aliphatic carbocycles. The Morgan fingerprint density at radius 3 is 2.47 bits per heavy atom. The zero-order valence-corrected chi connectivity index (χ0v) is 16.4. The molecule has 30 heavy (non-hydrogen) atoms. The molecule has 0 aromatic carbocycles. The Morgan fingerprint density at radius 1 is 1.27 bits per heavy atom. The van der Waals surface area contributed by atoms with Crippen LogP contribution < -0.4 is 5.73 Å². The average molecular weight is 473 g/mol. The molecule has 166 valence electrons. The highest BCUT2D eigenvalue weighted by atomic mass is 32.3. The molecular weight excluding hydrogens is 459 g/mol. The lowest BCUT2D eigenvalue weighted by atomic mass is 10.0. The lowest BCUT2D eigenvalue weighted by molar-refractivity contribution is -0.141. The Morgan fingerprint density at radius 2 is 1.93 bits per heavy atom. The van der Waals surface area contributed by atoms with Gasteiger partial charge in [0.15, 0.2) is 0 Å². The summed E-state index contributed by atoms with van der Waals surface area (Å²) in [5, 5.41) is 0.441. The fourth-order valence-electron chi connectivity index (χ4n) is 3.09. The first-order chi connectivity index (χ1) is 13.7. The highest BCUT2D eigenvalue weighted by Crippen LogP contribution is 2.31. The predicted octanol–water partition coefficient (Wildman–Crippen LogP) is 0.149. The van der Waals surface area contributed by atoms with Gasteiger partial charge < -0.3 is 10.6 Å². The van der Waals surface area contributed by atoms with E-state index < -0.39 is 61.1 Å². The number of urea groups is 1. The number of hydrogen-bond donors (Lipinski definition) is 2. The molecule has 0 unspecified atom stereocenters. The number of piperidine rings is 1. The van der Waals surface area contributed by atoms with Gasteiger partial charge in [0.05, 0.1) is 12.1 Å². The van der Waals surface area contributed by atoms with Crippen LogP contribution >= 0.6 is 0 Å². The maximum atomic E-state index is 12.6. The molecule has 0 saturated carbocycles. The summed E-state index contributed by atoms with van der Waals surface area (Å²) in [6.07, 6.45) is -4.03. The van der Waals surface area contributed by atoms with Crippen molar-refractivity contribution in [3.63, 3.8) is 0 Å². The zero-order chi connectivity index (χ0) is 22.5. The summed E-state index contributed by atoms with van der Waals surface area (Å²) >= 11 is 0. The average Bonchev–Trinajstić information content (AvgIpc) is 2.84. The van der Waals surface area contributed by atoms with E-state index in [2.05, 4.69) is 13.7 Å². The minimum atomic E-state index is -4.96. The number of amides is 2. The maximum absolute atomic E-state index is 12.6. The van der Waals surface area contributed by atoms with E-state index in [0.29, 0.717) is 23.4 Å². The molecule has 2 aliphatic rings. The predicted molar refractivity (Wildman–Crippen MR) is 91.4 cm³/mol. The number of alkyl halides is 3. The number of hydrogen-bond acceptors (Lipinski definition) is 7. The number of fused-ring (bicyclic) bond motifs is 2. The number of aromatic nitrogens is 1. The molecule has 3 N–H and O–H groups in total. The van der Waals surface area contributed by atoms with E-state index in [1.165, 1.54) is 0 Å². The molecular formula is C13H14F3N5O7S2. The monoisotopic (exact) mass is 473 g/mol. The Balaban J connectivity index is 1.82. The van der Waals surface area contributed by atoms with Gasteiger partial charge in [-0.2, -0.15) is 35.1 Å². The Labute approximate surface area is 168 Å². The molecule has 2 aliphatic heterocycles. The van der Waals surface area contributed by atoms with Gasteiger partial charge in [-0.15, -0.1) is 8.68 Å². The minimum absolute atomic E-state index is 0.0723. The molecule has 12 nitrogen and oxygen atoms in total. The standard InChI is InChI=1S/C13H14F3N5O7S2/c14-13(15,16)10-4-2-8(5-18-10)29(23,24)19-11(17)9-3-1-7-6-20(9)12(22)21(7)28-30(25,26)27/h2,4-5,7,9H,1,3,6H2,(H2,17,19)(H,25,26,27)/t7-,9+/m1/s1. The molecule has 3 heterocycles. The molecule has 0 spiro atoms. The van der Waals surface area contributed by atoms with E-state index >= 15 is 0 Å². The summed E-state index contributed by atoms with van der Waals surface area (Å²) in [5.41, 5.74) is 4.45. The molecule has 2 bridgehead atoms. The lowest BCUT2D eigenvalue weighted by Gasteiger charge is -2.29. The SMILES string of the molecule is N/C(=N\S(=O)(=O)c1ccc(C(F)(F)F)nc1)[C@@H]1CC[C@@H]2CN1C(=O)N2OS(=O)(=O)O. The van der Waals surface area contributed by atoms with Gasteiger partial charge in [-0.25, -0.2) is 4.79 Å². The second kappa shape index (κ2) is 7.33. The first-order valence-corrected chi connectivity index (χ1v) is 10.9. The summed E-state index contributed by atoms with van der Waals surface area (Å²) in [5.74, 6) is -0.532. The van der Waals surface area contributed by atoms with Gasteiger partial charge in [-0.1, -0.05) is 0 Å². The molecule has 2 amide bonds. The van der Waals surface area contributed by atoms with Gasteiger partial charge in [0, 0.05) is 12.7 Å². The minimum Gasteiger partial charge on any atom is -0.385 e. The van der Waals surface area contributed by atoms with Gasteiger partial charge in [-0.3, -0.25) is 9.54 Å². The summed E-state index contributed by atoms with van der Waals surface area (Å²) in [7, 11) is -9.50. The van der Waals surface area contributed by atoms with Crippen molar-refractivity contribution in [3.05, 3.63) is 24.0 Å². The van der Waals surface area contributed by atoms with E-state index in [9.17, 15) is 34.8 Å². The highest BCUT2D eigenvalue weighted by Gasteiger charge is 2.48. The summed E-state index contributed by atoms with van der Waals surface area (Å²) in [6, 6.07) is -1.60. The van der Waals surface area contributed by atoms with E-state index in [4.69, 9.17) is 10.3 Å². The van der Waals surface area contributed by atoms with Gasteiger partial charge >= 0.3 is 22.6 Å². The van der Waals surface area contributed by atoms with Crippen LogP contribution in [0, 0.1) is 0 Å². The van der Waals surface area contributed by atoms with E-state index in [-0.39, 0.29) is 19.4 Å². The van der Waals surface area contributed by atoms with Gasteiger partial charge in [0.2, 0.25) is 0 Å². The number of halogens is 3. The van der Waals surface area contributed by atoms with Crippen LogP contribution in [0.5, 0.6) is 0 Å². The number of carbonyl (C=O) groups is 1. The maximum Gasteiger partial charge on any atom is 0.433 e. The molecule has 1 aromatic rings. The van der Waals surface area contributed by atoms with Crippen molar-refractivity contribution in [3.8, 4) is 0 Å². The normalized spacial score (nSPS) is 23.2. The van der Waals surface area contributed by atoms with Crippen LogP contribution in [0.15, 0.2) is 27.6 Å². The topological polar surface area (TPSA) is 173 Å². The molecule has 2 fully saturated rings. The number of pyridine rings is 1. The smallest absolute Gasteiger partial charge is 0.385 e. The quantitative estimate of drug-likeness (QED) is 0.343. The number of hydroxylamine groups is 2. The number of rotatable bonds is 5. The Hall–Kier alpha value is -2.50. The number of sulfonamides is 1. The van der Waals surface area contributed by atoms with Crippen molar-refractivity contribution in [2.75, 3.05) is 6.54 Å². The Kier molecular flexibility index (Phi) is 5.42. The third-order valence-electron chi connectivity index (χ3n) is 4.39. The van der Waals surface area contributed by atoms with Crippen LogP contribution in [0.1, 0.15) is 18.5 Å². The van der Waals surface area contributed by atoms with Gasteiger partial charge in [0.1, 0.15) is 16.4 Å². The number of nitrogens with zero attached hydrogens (tertiary/aromatic N) is 4. The van der Waals surface area contributed by atoms with Gasteiger partial charge in [0.25, 0.3) is 10.0 Å². The summed E-state index contributed by atoms with van der Waals surface area (Å²) < 4.78 is 101. The molecule has 2 saturated heterocycles. The first kappa shape index (κ1) is 22.2. The molecule has 1 aromatic heterocycles. The van der Waals surface area contributed by atoms with Crippen molar-refractivity contribution in [1.82, 2.24) is 14.9 Å².